The van der Waals surface area contributed by atoms with Gasteiger partial charge in [-0.2, -0.15) is 0 Å². The van der Waals surface area contributed by atoms with E-state index in [0.29, 0.717) is 0 Å². The fourth-order valence-corrected chi connectivity index (χ4v) is 8.54. The highest BCUT2D eigenvalue weighted by atomic mass is 15.0. The predicted octanol–water partition coefficient (Wildman–Crippen LogP) is 13.7. The Hall–Kier alpha value is -7.36. The fourth-order valence-electron chi connectivity index (χ4n) is 8.54. The Labute approximate surface area is 318 Å². The molecule has 11 aromatic rings. The first-order valence-electron chi connectivity index (χ1n) is 18.8. The standard InChI is InChI=1S/C52H33N3/c1-5-18-34(19-6-1)42-32-46-48(40-28-15-13-26-38(40)42)49-41-29-16-14-27-39(41)43(35-20-7-2-8-21-35)33-47(49)55(46)45-31-17-30-44-52(45)54-51(37-24-11-4-12-25-37)50(53-44)36-22-9-3-10-23-36/h1-33H. The molecule has 0 saturated heterocycles. The zero-order valence-corrected chi connectivity index (χ0v) is 29.9. The summed E-state index contributed by atoms with van der Waals surface area (Å²) in [7, 11) is 0. The van der Waals surface area contributed by atoms with Gasteiger partial charge in [0, 0.05) is 21.9 Å². The van der Waals surface area contributed by atoms with Gasteiger partial charge in [0.15, 0.2) is 0 Å². The highest BCUT2D eigenvalue weighted by Gasteiger charge is 2.24. The highest BCUT2D eigenvalue weighted by Crippen LogP contribution is 2.47. The molecule has 0 radical (unpaired) electrons. The van der Waals surface area contributed by atoms with Gasteiger partial charge in [0.25, 0.3) is 0 Å². The average Bonchev–Trinajstić information content (AvgIpc) is 3.60. The van der Waals surface area contributed by atoms with Gasteiger partial charge in [0.2, 0.25) is 0 Å². The molecular weight excluding hydrogens is 667 g/mol. The molecule has 3 nitrogen and oxygen atoms in total. The Kier molecular flexibility index (Phi) is 7.17. The number of aromatic nitrogens is 3. The molecule has 0 aliphatic carbocycles. The van der Waals surface area contributed by atoms with Crippen molar-refractivity contribution < 1.29 is 0 Å². The molecule has 2 heterocycles. The van der Waals surface area contributed by atoms with Crippen molar-refractivity contribution in [2.75, 3.05) is 0 Å². The minimum absolute atomic E-state index is 0.846. The second-order valence-corrected chi connectivity index (χ2v) is 14.1. The molecule has 0 atom stereocenters. The predicted molar refractivity (Wildman–Crippen MR) is 231 cm³/mol. The third kappa shape index (κ3) is 4.98. The van der Waals surface area contributed by atoms with Crippen molar-refractivity contribution >= 4 is 54.4 Å². The van der Waals surface area contributed by atoms with E-state index in [-0.39, 0.29) is 0 Å². The van der Waals surface area contributed by atoms with E-state index in [0.717, 1.165) is 50.3 Å². The maximum Gasteiger partial charge on any atom is 0.113 e. The first kappa shape index (κ1) is 31.2. The van der Waals surface area contributed by atoms with E-state index in [2.05, 4.69) is 193 Å². The lowest BCUT2D eigenvalue weighted by molar-refractivity contribution is 1.17. The molecule has 0 unspecified atom stereocenters. The zero-order chi connectivity index (χ0) is 36.3. The Morgan fingerprint density at radius 3 is 1.20 bits per heavy atom. The molecule has 0 amide bonds. The molecule has 9 aromatic carbocycles. The highest BCUT2D eigenvalue weighted by molar-refractivity contribution is 6.32. The molecule has 0 aliphatic rings. The summed E-state index contributed by atoms with van der Waals surface area (Å²) in [6.07, 6.45) is 0. The van der Waals surface area contributed by atoms with Crippen LogP contribution >= 0.6 is 0 Å². The maximum atomic E-state index is 5.59. The van der Waals surface area contributed by atoms with Crippen LogP contribution in [0.15, 0.2) is 200 Å². The van der Waals surface area contributed by atoms with Gasteiger partial charge in [0.1, 0.15) is 5.52 Å². The van der Waals surface area contributed by atoms with Crippen molar-refractivity contribution in [1.29, 1.82) is 0 Å². The second kappa shape index (κ2) is 12.6. The molecule has 3 heteroatoms. The molecular formula is C52H33N3. The van der Waals surface area contributed by atoms with E-state index in [1.54, 1.807) is 0 Å². The van der Waals surface area contributed by atoms with Gasteiger partial charge in [-0.3, -0.25) is 0 Å². The van der Waals surface area contributed by atoms with E-state index in [4.69, 9.17) is 9.97 Å². The van der Waals surface area contributed by atoms with Gasteiger partial charge < -0.3 is 4.57 Å². The fraction of sp³-hybridized carbons (Fsp3) is 0. The van der Waals surface area contributed by atoms with Crippen LogP contribution in [0.25, 0.3) is 105 Å². The lowest BCUT2D eigenvalue weighted by Gasteiger charge is -2.16. The molecule has 0 saturated carbocycles. The van der Waals surface area contributed by atoms with Crippen LogP contribution in [-0.4, -0.2) is 14.5 Å². The van der Waals surface area contributed by atoms with Crippen LogP contribution in [-0.2, 0) is 0 Å². The third-order valence-corrected chi connectivity index (χ3v) is 11.0. The lowest BCUT2D eigenvalue weighted by Crippen LogP contribution is -2.01. The summed E-state index contributed by atoms with van der Waals surface area (Å²) in [6, 6.07) is 71.3. The SMILES string of the molecule is c1ccc(-c2nc3cccc(-n4c5cc(-c6ccccc6)c6ccccc6c5c5c6ccccc6c(-c6ccccc6)cc54)c3nc2-c2ccccc2)cc1. The van der Waals surface area contributed by atoms with Crippen molar-refractivity contribution in [2.24, 2.45) is 0 Å². The number of rotatable bonds is 5. The van der Waals surface area contributed by atoms with E-state index < -0.39 is 0 Å². The van der Waals surface area contributed by atoms with E-state index >= 15 is 0 Å². The summed E-state index contributed by atoms with van der Waals surface area (Å²) >= 11 is 0. The Bertz CT molecular complexity index is 3090. The average molecular weight is 700 g/mol. The monoisotopic (exact) mass is 699 g/mol. The summed E-state index contributed by atoms with van der Waals surface area (Å²) in [4.78, 5) is 11.0. The molecule has 0 aliphatic heterocycles. The third-order valence-electron chi connectivity index (χ3n) is 11.0. The van der Waals surface area contributed by atoms with Crippen molar-refractivity contribution in [3.05, 3.63) is 200 Å². The van der Waals surface area contributed by atoms with Gasteiger partial charge in [-0.05, 0) is 68.1 Å². The second-order valence-electron chi connectivity index (χ2n) is 14.1. The summed E-state index contributed by atoms with van der Waals surface area (Å²) < 4.78 is 2.45. The Morgan fingerprint density at radius 2 is 0.727 bits per heavy atom. The first-order chi connectivity index (χ1) is 27.3. The van der Waals surface area contributed by atoms with Crippen LogP contribution in [0.3, 0.4) is 0 Å². The van der Waals surface area contributed by atoms with Gasteiger partial charge in [-0.15, -0.1) is 0 Å². The normalized spacial score (nSPS) is 11.6. The number of hydrogen-bond donors (Lipinski definition) is 0. The van der Waals surface area contributed by atoms with Gasteiger partial charge >= 0.3 is 0 Å². The number of nitrogens with zero attached hydrogens (tertiary/aromatic N) is 3. The minimum atomic E-state index is 0.846. The number of benzene rings is 9. The van der Waals surface area contributed by atoms with Crippen LogP contribution < -0.4 is 0 Å². The van der Waals surface area contributed by atoms with Crippen molar-refractivity contribution in [1.82, 2.24) is 14.5 Å². The summed E-state index contributed by atoms with van der Waals surface area (Å²) in [5, 5.41) is 7.37. The van der Waals surface area contributed by atoms with Crippen molar-refractivity contribution in [3.63, 3.8) is 0 Å². The van der Waals surface area contributed by atoms with Crippen LogP contribution in [0.2, 0.25) is 0 Å². The van der Waals surface area contributed by atoms with E-state index in [1.807, 2.05) is 12.1 Å². The van der Waals surface area contributed by atoms with Crippen molar-refractivity contribution in [2.45, 2.75) is 0 Å². The summed E-state index contributed by atoms with van der Waals surface area (Å²) in [5.41, 5.74) is 13.5. The Morgan fingerprint density at radius 1 is 0.327 bits per heavy atom. The molecule has 55 heavy (non-hydrogen) atoms. The molecule has 0 bridgehead atoms. The van der Waals surface area contributed by atoms with E-state index in [9.17, 15) is 0 Å². The van der Waals surface area contributed by atoms with Gasteiger partial charge in [-0.25, -0.2) is 9.97 Å². The zero-order valence-electron chi connectivity index (χ0n) is 29.9. The van der Waals surface area contributed by atoms with Gasteiger partial charge in [0.05, 0.1) is 33.6 Å². The summed E-state index contributed by atoms with van der Waals surface area (Å²) in [5.74, 6) is 0. The molecule has 0 spiro atoms. The number of hydrogen-bond acceptors (Lipinski definition) is 2. The molecule has 11 rings (SSSR count). The van der Waals surface area contributed by atoms with Crippen molar-refractivity contribution in [3.8, 4) is 50.5 Å². The van der Waals surface area contributed by atoms with Crippen LogP contribution in [0.4, 0.5) is 0 Å². The smallest absolute Gasteiger partial charge is 0.113 e. The molecule has 2 aromatic heterocycles. The first-order valence-corrected chi connectivity index (χ1v) is 18.8. The minimum Gasteiger partial charge on any atom is -0.307 e. The molecule has 0 N–H and O–H groups in total. The largest absolute Gasteiger partial charge is 0.307 e. The molecule has 0 fully saturated rings. The Balaban J connectivity index is 1.34. The summed E-state index contributed by atoms with van der Waals surface area (Å²) in [6.45, 7) is 0. The molecule has 256 valence electrons. The van der Waals surface area contributed by atoms with Crippen LogP contribution in [0.5, 0.6) is 0 Å². The topological polar surface area (TPSA) is 30.7 Å². The maximum absolute atomic E-state index is 5.59. The lowest BCUT2D eigenvalue weighted by atomic mass is 9.92. The van der Waals surface area contributed by atoms with Gasteiger partial charge in [-0.1, -0.05) is 176 Å². The van der Waals surface area contributed by atoms with E-state index in [1.165, 1.54) is 54.6 Å². The number of para-hydroxylation sites is 1. The number of fused-ring (bicyclic) bond motifs is 8. The van der Waals surface area contributed by atoms with Crippen LogP contribution in [0, 0.1) is 0 Å². The van der Waals surface area contributed by atoms with Crippen LogP contribution in [0.1, 0.15) is 0 Å². The quantitative estimate of drug-likeness (QED) is 0.179.